The van der Waals surface area contributed by atoms with E-state index in [9.17, 15) is 5.11 Å². The van der Waals surface area contributed by atoms with Gasteiger partial charge in [0, 0.05) is 31.7 Å². The van der Waals surface area contributed by atoms with Crippen LogP contribution >= 0.6 is 0 Å². The quantitative estimate of drug-likeness (QED) is 0.560. The van der Waals surface area contributed by atoms with E-state index in [0.29, 0.717) is 13.1 Å². The molecule has 0 radical (unpaired) electrons. The van der Waals surface area contributed by atoms with Crippen molar-refractivity contribution in [2.24, 2.45) is 0 Å². The Hall–Kier alpha value is -2.31. The minimum absolute atomic E-state index is 0.0959. The molecule has 0 fully saturated rings. The Kier molecular flexibility index (Phi) is 6.65. The van der Waals surface area contributed by atoms with Crippen LogP contribution in [0.5, 0.6) is 5.75 Å². The van der Waals surface area contributed by atoms with E-state index in [1.807, 2.05) is 36.2 Å². The molecule has 0 aliphatic heterocycles. The third-order valence-electron chi connectivity index (χ3n) is 3.55. The van der Waals surface area contributed by atoms with E-state index in [1.165, 1.54) is 0 Å². The molecule has 0 aliphatic carbocycles. The third kappa shape index (κ3) is 5.12. The summed E-state index contributed by atoms with van der Waals surface area (Å²) in [6.07, 6.45) is 1.76. The first kappa shape index (κ1) is 17.1. The maximum Gasteiger partial charge on any atom is 0.128 e. The number of anilines is 2. The molecular formula is C17H24N4O2. The molecular weight excluding hydrogens is 292 g/mol. The Morgan fingerprint density at radius 2 is 1.96 bits per heavy atom. The molecule has 124 valence electrons. The van der Waals surface area contributed by atoms with Gasteiger partial charge in [-0.3, -0.25) is 0 Å². The number of phenols is 1. The summed E-state index contributed by atoms with van der Waals surface area (Å²) in [5.41, 5.74) is 1.72. The predicted molar refractivity (Wildman–Crippen MR) is 92.9 cm³/mol. The molecule has 0 unspecified atom stereocenters. The highest BCUT2D eigenvalue weighted by atomic mass is 16.3. The molecule has 0 spiro atoms. The van der Waals surface area contributed by atoms with E-state index in [4.69, 9.17) is 5.11 Å². The first-order valence-corrected chi connectivity index (χ1v) is 7.72. The van der Waals surface area contributed by atoms with Gasteiger partial charge >= 0.3 is 0 Å². The lowest BCUT2D eigenvalue weighted by atomic mass is 10.2. The molecule has 2 rings (SSSR count). The molecule has 1 aromatic carbocycles. The van der Waals surface area contributed by atoms with Crippen LogP contribution in [0.4, 0.5) is 11.5 Å². The van der Waals surface area contributed by atoms with Crippen molar-refractivity contribution < 1.29 is 10.2 Å². The standard InChI is InChI=1S/C17H24N4O2/c1-18-8-9-21(10-11-22)17-7-6-15(13-20-17)19-12-14-4-2-3-5-16(14)23/h2-7,13,18-19,22-23H,8-12H2,1H3. The Balaban J connectivity index is 1.96. The van der Waals surface area contributed by atoms with Crippen molar-refractivity contribution in [3.8, 4) is 5.75 Å². The van der Waals surface area contributed by atoms with Crippen LogP contribution in [0.25, 0.3) is 0 Å². The summed E-state index contributed by atoms with van der Waals surface area (Å²) in [5.74, 6) is 1.12. The monoisotopic (exact) mass is 316 g/mol. The van der Waals surface area contributed by atoms with Crippen LogP contribution in [-0.2, 0) is 6.54 Å². The first-order chi connectivity index (χ1) is 11.2. The van der Waals surface area contributed by atoms with Gasteiger partial charge in [-0.1, -0.05) is 18.2 Å². The number of hydrogen-bond donors (Lipinski definition) is 4. The number of pyridine rings is 1. The number of likely N-dealkylation sites (N-methyl/N-ethyl adjacent to an activating group) is 1. The number of hydrogen-bond acceptors (Lipinski definition) is 6. The van der Waals surface area contributed by atoms with Crippen molar-refractivity contribution in [3.63, 3.8) is 0 Å². The molecule has 6 nitrogen and oxygen atoms in total. The van der Waals surface area contributed by atoms with Crippen LogP contribution in [0.2, 0.25) is 0 Å². The third-order valence-corrected chi connectivity index (χ3v) is 3.55. The summed E-state index contributed by atoms with van der Waals surface area (Å²) in [4.78, 5) is 6.48. The first-order valence-electron chi connectivity index (χ1n) is 7.72. The molecule has 6 heteroatoms. The second-order valence-corrected chi connectivity index (χ2v) is 5.20. The smallest absolute Gasteiger partial charge is 0.128 e. The summed E-state index contributed by atoms with van der Waals surface area (Å²) >= 11 is 0. The molecule has 0 amide bonds. The van der Waals surface area contributed by atoms with Crippen molar-refractivity contribution in [3.05, 3.63) is 48.2 Å². The normalized spacial score (nSPS) is 10.5. The van der Waals surface area contributed by atoms with Gasteiger partial charge in [-0.25, -0.2) is 4.98 Å². The molecule has 0 saturated heterocycles. The number of benzene rings is 1. The number of nitrogens with zero attached hydrogens (tertiary/aromatic N) is 2. The molecule has 0 atom stereocenters. The molecule has 0 bridgehead atoms. The largest absolute Gasteiger partial charge is 0.508 e. The van der Waals surface area contributed by atoms with Crippen LogP contribution in [0.3, 0.4) is 0 Å². The van der Waals surface area contributed by atoms with Gasteiger partial charge in [0.2, 0.25) is 0 Å². The average Bonchev–Trinajstić information content (AvgIpc) is 2.58. The number of nitrogens with one attached hydrogen (secondary N) is 2. The minimum Gasteiger partial charge on any atom is -0.508 e. The lowest BCUT2D eigenvalue weighted by Gasteiger charge is -2.22. The van der Waals surface area contributed by atoms with Gasteiger partial charge in [0.15, 0.2) is 0 Å². The highest BCUT2D eigenvalue weighted by Gasteiger charge is 2.07. The SMILES string of the molecule is CNCCN(CCO)c1ccc(NCc2ccccc2O)cn1. The minimum atomic E-state index is 0.0959. The van der Waals surface area contributed by atoms with Crippen molar-refractivity contribution in [1.29, 1.82) is 0 Å². The Morgan fingerprint density at radius 1 is 1.13 bits per heavy atom. The van der Waals surface area contributed by atoms with Gasteiger partial charge in [0.25, 0.3) is 0 Å². The summed E-state index contributed by atoms with van der Waals surface area (Å²) in [6, 6.07) is 11.1. The maximum atomic E-state index is 9.76. The molecule has 0 aliphatic rings. The van der Waals surface area contributed by atoms with Crippen molar-refractivity contribution in [1.82, 2.24) is 10.3 Å². The Bertz CT molecular complexity index is 589. The van der Waals surface area contributed by atoms with Gasteiger partial charge in [-0.15, -0.1) is 0 Å². The van der Waals surface area contributed by atoms with Crippen LogP contribution in [-0.4, -0.2) is 48.5 Å². The zero-order valence-corrected chi connectivity index (χ0v) is 13.4. The van der Waals surface area contributed by atoms with E-state index in [2.05, 4.69) is 15.6 Å². The summed E-state index contributed by atoms with van der Waals surface area (Å²) < 4.78 is 0. The van der Waals surface area contributed by atoms with Crippen molar-refractivity contribution in [2.75, 3.05) is 43.5 Å². The topological polar surface area (TPSA) is 80.7 Å². The Labute approximate surface area is 136 Å². The fourth-order valence-electron chi connectivity index (χ4n) is 2.24. The lowest BCUT2D eigenvalue weighted by Crippen LogP contribution is -2.33. The predicted octanol–water partition coefficient (Wildman–Crippen LogP) is 1.42. The number of aliphatic hydroxyl groups is 1. The molecule has 1 aromatic heterocycles. The summed E-state index contributed by atoms with van der Waals surface area (Å²) in [5, 5.41) is 25.3. The van der Waals surface area contributed by atoms with E-state index < -0.39 is 0 Å². The second-order valence-electron chi connectivity index (χ2n) is 5.20. The summed E-state index contributed by atoms with van der Waals surface area (Å²) in [6.45, 7) is 2.80. The molecule has 1 heterocycles. The van der Waals surface area contributed by atoms with Crippen LogP contribution in [0.15, 0.2) is 42.6 Å². The van der Waals surface area contributed by atoms with Gasteiger partial charge in [-0.2, -0.15) is 0 Å². The lowest BCUT2D eigenvalue weighted by molar-refractivity contribution is 0.301. The van der Waals surface area contributed by atoms with E-state index in [-0.39, 0.29) is 12.4 Å². The van der Waals surface area contributed by atoms with Crippen LogP contribution in [0.1, 0.15) is 5.56 Å². The van der Waals surface area contributed by atoms with Gasteiger partial charge < -0.3 is 25.7 Å². The van der Waals surface area contributed by atoms with Crippen molar-refractivity contribution in [2.45, 2.75) is 6.54 Å². The number of rotatable bonds is 9. The summed E-state index contributed by atoms with van der Waals surface area (Å²) in [7, 11) is 1.90. The molecule has 4 N–H and O–H groups in total. The van der Waals surface area contributed by atoms with E-state index in [0.717, 1.165) is 30.2 Å². The second kappa shape index (κ2) is 8.97. The average molecular weight is 316 g/mol. The number of aromatic nitrogens is 1. The molecule has 2 aromatic rings. The van der Waals surface area contributed by atoms with Gasteiger partial charge in [0.1, 0.15) is 11.6 Å². The number of phenolic OH excluding ortho intramolecular Hbond substituents is 1. The fourth-order valence-corrected chi connectivity index (χ4v) is 2.24. The van der Waals surface area contributed by atoms with Gasteiger partial charge in [-0.05, 0) is 25.2 Å². The number of aliphatic hydroxyl groups excluding tert-OH is 1. The van der Waals surface area contributed by atoms with Crippen LogP contribution in [0, 0.1) is 0 Å². The molecule has 23 heavy (non-hydrogen) atoms. The van der Waals surface area contributed by atoms with E-state index in [1.54, 1.807) is 18.3 Å². The maximum absolute atomic E-state index is 9.76. The highest BCUT2D eigenvalue weighted by Crippen LogP contribution is 2.18. The van der Waals surface area contributed by atoms with Gasteiger partial charge in [0.05, 0.1) is 18.5 Å². The number of aromatic hydroxyl groups is 1. The molecule has 0 saturated carbocycles. The zero-order chi connectivity index (χ0) is 16.5. The zero-order valence-electron chi connectivity index (χ0n) is 13.4. The highest BCUT2D eigenvalue weighted by molar-refractivity contribution is 5.49. The Morgan fingerprint density at radius 3 is 2.61 bits per heavy atom. The van der Waals surface area contributed by atoms with Crippen molar-refractivity contribution >= 4 is 11.5 Å². The fraction of sp³-hybridized carbons (Fsp3) is 0.353. The van der Waals surface area contributed by atoms with E-state index >= 15 is 0 Å². The van der Waals surface area contributed by atoms with Crippen LogP contribution < -0.4 is 15.5 Å². The number of para-hydroxylation sites is 1.